The van der Waals surface area contributed by atoms with E-state index in [1.807, 2.05) is 17.0 Å². The first-order valence-corrected chi connectivity index (χ1v) is 16.2. The van der Waals surface area contributed by atoms with Gasteiger partial charge in [0, 0.05) is 56.2 Å². The van der Waals surface area contributed by atoms with Crippen molar-refractivity contribution in [2.45, 2.75) is 57.0 Å². The van der Waals surface area contributed by atoms with Gasteiger partial charge in [-0.05, 0) is 66.5 Å². The summed E-state index contributed by atoms with van der Waals surface area (Å²) in [5, 5.41) is 23.0. The van der Waals surface area contributed by atoms with Gasteiger partial charge in [-0.3, -0.25) is 19.2 Å². The van der Waals surface area contributed by atoms with Gasteiger partial charge in [0.25, 0.3) is 5.91 Å². The van der Waals surface area contributed by atoms with E-state index in [2.05, 4.69) is 17.4 Å². The number of piperidine rings is 2. The van der Waals surface area contributed by atoms with Gasteiger partial charge < -0.3 is 29.7 Å². The second-order valence-electron chi connectivity index (χ2n) is 12.2. The van der Waals surface area contributed by atoms with Gasteiger partial charge in [0.2, 0.25) is 11.8 Å². The molecule has 0 spiro atoms. The number of nitrogens with one attached hydrogen (secondary N) is 1. The predicted molar refractivity (Wildman–Crippen MR) is 176 cm³/mol. The molecule has 2 aliphatic heterocycles. The molecule has 3 amide bonds. The molecule has 10 nitrogen and oxygen atoms in total. The Morgan fingerprint density at radius 1 is 0.936 bits per heavy atom. The molecule has 0 saturated carbocycles. The summed E-state index contributed by atoms with van der Waals surface area (Å²) >= 11 is 6.08. The molecule has 0 unspecified atom stereocenters. The molecule has 3 N–H and O–H groups in total. The van der Waals surface area contributed by atoms with Crippen LogP contribution < -0.4 is 10.7 Å². The van der Waals surface area contributed by atoms with Crippen molar-refractivity contribution < 1.29 is 29.0 Å². The highest BCUT2D eigenvalue weighted by atomic mass is 35.5. The van der Waals surface area contributed by atoms with E-state index in [0.717, 1.165) is 61.6 Å². The first-order chi connectivity index (χ1) is 22.7. The summed E-state index contributed by atoms with van der Waals surface area (Å²) in [7, 11) is 0. The number of likely N-dealkylation sites (tertiary alicyclic amines) is 2. The number of benzene rings is 3. The lowest BCUT2D eigenvalue weighted by Gasteiger charge is -2.36. The van der Waals surface area contributed by atoms with Crippen LogP contribution in [0.5, 0.6) is 11.5 Å². The molecule has 11 heteroatoms. The third-order valence-corrected chi connectivity index (χ3v) is 9.34. The van der Waals surface area contributed by atoms with E-state index in [4.69, 9.17) is 16.0 Å². The maximum atomic E-state index is 14.0. The Morgan fingerprint density at radius 3 is 2.40 bits per heavy atom. The molecule has 6 rings (SSSR count). The number of fused-ring (bicyclic) bond motifs is 1. The molecule has 47 heavy (non-hydrogen) atoms. The van der Waals surface area contributed by atoms with E-state index in [9.17, 15) is 29.4 Å². The predicted octanol–water partition coefficient (Wildman–Crippen LogP) is 5.12. The topological polar surface area (TPSA) is 140 Å². The number of carbonyl (C=O) groups excluding carboxylic acids is 3. The van der Waals surface area contributed by atoms with Crippen molar-refractivity contribution in [3.63, 3.8) is 0 Å². The molecule has 2 fully saturated rings. The third-order valence-electron chi connectivity index (χ3n) is 9.09. The van der Waals surface area contributed by atoms with Crippen molar-refractivity contribution in [1.82, 2.24) is 15.1 Å². The van der Waals surface area contributed by atoms with Crippen LogP contribution in [0.4, 0.5) is 0 Å². The standard InChI is InChI=1S/C36H36ClN3O7/c37-25-10-8-22(9-11-25)17-28(38-35(45)33-19-29(41)27-18-30(42)31(43)20-32(27)47-33)36(46)39-15-12-23(13-16-39)26-6-2-1-5-24(26)21-40-14-4-3-7-34(40)44/h1-2,5-6,8-11,18-20,23,28,42-43H,3-4,7,12-17,21H2,(H,38,45)/t28-/m0/s1. The molecule has 244 valence electrons. The lowest BCUT2D eigenvalue weighted by molar-refractivity contribution is -0.135. The summed E-state index contributed by atoms with van der Waals surface area (Å²) in [5.74, 6) is -1.92. The zero-order chi connectivity index (χ0) is 33.1. The Hall–Kier alpha value is -4.83. The zero-order valence-corrected chi connectivity index (χ0v) is 26.5. The van der Waals surface area contributed by atoms with Crippen LogP contribution in [0.3, 0.4) is 0 Å². The molecule has 0 bridgehead atoms. The lowest BCUT2D eigenvalue weighted by atomic mass is 9.86. The molecule has 0 radical (unpaired) electrons. The number of hydrogen-bond donors (Lipinski definition) is 3. The van der Waals surface area contributed by atoms with Gasteiger partial charge in [-0.15, -0.1) is 0 Å². The molecule has 3 aromatic carbocycles. The maximum absolute atomic E-state index is 14.0. The zero-order valence-electron chi connectivity index (χ0n) is 25.8. The van der Waals surface area contributed by atoms with E-state index in [-0.39, 0.29) is 40.9 Å². The first kappa shape index (κ1) is 32.1. The van der Waals surface area contributed by atoms with Gasteiger partial charge in [0.05, 0.1) is 5.39 Å². The monoisotopic (exact) mass is 657 g/mol. The van der Waals surface area contributed by atoms with Gasteiger partial charge >= 0.3 is 0 Å². The van der Waals surface area contributed by atoms with Crippen molar-refractivity contribution >= 4 is 40.3 Å². The van der Waals surface area contributed by atoms with Crippen LogP contribution in [0.15, 0.2) is 75.9 Å². The van der Waals surface area contributed by atoms with Crippen LogP contribution in [0.25, 0.3) is 11.0 Å². The van der Waals surface area contributed by atoms with Gasteiger partial charge in [-0.25, -0.2) is 0 Å². The maximum Gasteiger partial charge on any atom is 0.287 e. The average molecular weight is 658 g/mol. The normalized spacial score (nSPS) is 16.3. The highest BCUT2D eigenvalue weighted by Crippen LogP contribution is 2.32. The van der Waals surface area contributed by atoms with Crippen molar-refractivity contribution in [2.75, 3.05) is 19.6 Å². The summed E-state index contributed by atoms with van der Waals surface area (Å²) in [4.78, 5) is 56.3. The van der Waals surface area contributed by atoms with Crippen LogP contribution >= 0.6 is 11.6 Å². The van der Waals surface area contributed by atoms with Gasteiger partial charge in [-0.2, -0.15) is 0 Å². The summed E-state index contributed by atoms with van der Waals surface area (Å²) in [6.45, 7) is 2.34. The molecule has 1 aromatic heterocycles. The van der Waals surface area contributed by atoms with Crippen molar-refractivity contribution in [3.8, 4) is 11.5 Å². The van der Waals surface area contributed by atoms with Crippen molar-refractivity contribution in [2.24, 2.45) is 0 Å². The molecule has 0 aliphatic carbocycles. The number of phenols is 2. The molecule has 4 aromatic rings. The highest BCUT2D eigenvalue weighted by molar-refractivity contribution is 6.30. The number of amides is 3. The highest BCUT2D eigenvalue weighted by Gasteiger charge is 2.32. The molecule has 2 aliphatic rings. The van der Waals surface area contributed by atoms with E-state index in [1.54, 1.807) is 29.2 Å². The summed E-state index contributed by atoms with van der Waals surface area (Å²) < 4.78 is 5.62. The Kier molecular flexibility index (Phi) is 9.49. The van der Waals surface area contributed by atoms with Gasteiger partial charge in [0.1, 0.15) is 11.6 Å². The Morgan fingerprint density at radius 2 is 1.66 bits per heavy atom. The fraction of sp³-hybridized carbons (Fsp3) is 0.333. The summed E-state index contributed by atoms with van der Waals surface area (Å²) in [6, 6.07) is 17.4. The van der Waals surface area contributed by atoms with E-state index >= 15 is 0 Å². The SMILES string of the molecule is O=C(N[C@@H](Cc1ccc(Cl)cc1)C(=O)N1CCC(c2ccccc2CN2CCCCC2=O)CC1)c1cc(=O)c2cc(O)c(O)cc2o1. The number of halogens is 1. The minimum Gasteiger partial charge on any atom is -0.504 e. The smallest absolute Gasteiger partial charge is 0.287 e. The van der Waals surface area contributed by atoms with E-state index in [0.29, 0.717) is 31.1 Å². The number of phenolic OH excluding ortho intramolecular Hbond substituents is 2. The van der Waals surface area contributed by atoms with Crippen LogP contribution in [-0.2, 0) is 22.6 Å². The number of rotatable bonds is 8. The molecular formula is C36H36ClN3O7. The number of hydrogen-bond acceptors (Lipinski definition) is 7. The molecule has 2 saturated heterocycles. The minimum atomic E-state index is -0.966. The Bertz CT molecular complexity index is 1870. The fourth-order valence-electron chi connectivity index (χ4n) is 6.52. The number of aromatic hydroxyl groups is 2. The number of carbonyl (C=O) groups is 3. The lowest BCUT2D eigenvalue weighted by Crippen LogP contribution is -2.51. The van der Waals surface area contributed by atoms with Crippen molar-refractivity contribution in [1.29, 1.82) is 0 Å². The summed E-state index contributed by atoms with van der Waals surface area (Å²) in [5.41, 5.74) is 2.46. The quantitative estimate of drug-likeness (QED) is 0.224. The van der Waals surface area contributed by atoms with Crippen LogP contribution in [-0.4, -0.2) is 63.4 Å². The van der Waals surface area contributed by atoms with Gasteiger partial charge in [0.15, 0.2) is 22.7 Å². The van der Waals surface area contributed by atoms with Gasteiger partial charge in [-0.1, -0.05) is 48.0 Å². The average Bonchev–Trinajstić information content (AvgIpc) is 3.07. The van der Waals surface area contributed by atoms with E-state index in [1.165, 1.54) is 5.56 Å². The van der Waals surface area contributed by atoms with Crippen LogP contribution in [0, 0.1) is 0 Å². The van der Waals surface area contributed by atoms with Crippen LogP contribution in [0.1, 0.15) is 65.3 Å². The Balaban J connectivity index is 1.18. The summed E-state index contributed by atoms with van der Waals surface area (Å²) in [6.07, 6.45) is 4.19. The largest absolute Gasteiger partial charge is 0.504 e. The second kappa shape index (κ2) is 13.9. The first-order valence-electron chi connectivity index (χ1n) is 15.9. The number of nitrogens with zero attached hydrogens (tertiary/aromatic N) is 2. The molecular weight excluding hydrogens is 622 g/mol. The molecule has 1 atom stereocenters. The molecule has 3 heterocycles. The van der Waals surface area contributed by atoms with Crippen LogP contribution in [0.2, 0.25) is 5.02 Å². The fourth-order valence-corrected chi connectivity index (χ4v) is 6.65. The van der Waals surface area contributed by atoms with E-state index < -0.39 is 28.9 Å². The van der Waals surface area contributed by atoms with Crippen molar-refractivity contribution in [3.05, 3.63) is 104 Å². The Labute approximate surface area is 276 Å². The minimum absolute atomic E-state index is 0.00221. The second-order valence-corrected chi connectivity index (χ2v) is 12.7. The third kappa shape index (κ3) is 7.28.